The molecule has 8 heteroatoms. The summed E-state index contributed by atoms with van der Waals surface area (Å²) in [5.74, 6) is -1.11. The Bertz CT molecular complexity index is 1170. The lowest BCUT2D eigenvalue weighted by Gasteiger charge is -2.23. The van der Waals surface area contributed by atoms with Gasteiger partial charge in [0.05, 0.1) is 10.5 Å². The monoisotopic (exact) mass is 442 g/mol. The van der Waals surface area contributed by atoms with Gasteiger partial charge in [-0.3, -0.25) is 4.79 Å². The van der Waals surface area contributed by atoms with E-state index < -0.39 is 22.6 Å². The molecule has 164 valence electrons. The van der Waals surface area contributed by atoms with Crippen molar-refractivity contribution in [3.63, 3.8) is 0 Å². The van der Waals surface area contributed by atoms with Crippen LogP contribution in [0.1, 0.15) is 29.8 Å². The first-order valence-corrected chi connectivity index (χ1v) is 11.2. The Balaban J connectivity index is 1.73. The predicted molar refractivity (Wildman–Crippen MR) is 119 cm³/mol. The molecule has 0 aromatic heterocycles. The van der Waals surface area contributed by atoms with Crippen LogP contribution in [0.25, 0.3) is 0 Å². The number of hydrogen-bond acceptors (Lipinski definition) is 6. The number of hydrogen-bond donors (Lipinski definition) is 0. The minimum atomic E-state index is -3.68. The lowest BCUT2D eigenvalue weighted by Crippen LogP contribution is -2.25. The van der Waals surface area contributed by atoms with E-state index in [9.17, 15) is 18.0 Å². The fourth-order valence-corrected chi connectivity index (χ4v) is 4.62. The maximum Gasteiger partial charge on any atom is 0.338 e. The molecule has 7 nitrogen and oxygen atoms in total. The number of benzene rings is 2. The Morgan fingerprint density at radius 3 is 2.42 bits per heavy atom. The number of carbonyl (C=O) groups excluding carboxylic acids is 2. The number of allylic oxidation sites excluding steroid dienone is 1. The Labute approximate surface area is 183 Å². The van der Waals surface area contributed by atoms with Crippen LogP contribution in [0, 0.1) is 0 Å². The summed E-state index contributed by atoms with van der Waals surface area (Å²) in [4.78, 5) is 26.9. The van der Waals surface area contributed by atoms with Gasteiger partial charge in [-0.05, 0) is 29.8 Å². The zero-order valence-electron chi connectivity index (χ0n) is 18.2. The van der Waals surface area contributed by atoms with Gasteiger partial charge in [-0.1, -0.05) is 38.1 Å². The molecule has 0 radical (unpaired) electrons. The minimum Gasteiger partial charge on any atom is -0.454 e. The Kier molecular flexibility index (Phi) is 6.07. The van der Waals surface area contributed by atoms with Crippen molar-refractivity contribution in [2.45, 2.75) is 24.2 Å². The molecule has 0 atom stereocenters. The Morgan fingerprint density at radius 2 is 1.77 bits per heavy atom. The van der Waals surface area contributed by atoms with Gasteiger partial charge in [-0.2, -0.15) is 0 Å². The molecule has 0 unspecified atom stereocenters. The second kappa shape index (κ2) is 8.28. The number of fused-ring (bicyclic) bond motifs is 1. The Morgan fingerprint density at radius 1 is 1.10 bits per heavy atom. The smallest absolute Gasteiger partial charge is 0.338 e. The summed E-state index contributed by atoms with van der Waals surface area (Å²) in [6.45, 7) is 3.64. The van der Waals surface area contributed by atoms with Gasteiger partial charge >= 0.3 is 5.97 Å². The van der Waals surface area contributed by atoms with Gasteiger partial charge in [0.1, 0.15) is 0 Å². The molecule has 0 amide bonds. The highest BCUT2D eigenvalue weighted by molar-refractivity contribution is 7.89. The number of para-hydroxylation sites is 1. The molecule has 31 heavy (non-hydrogen) atoms. The van der Waals surface area contributed by atoms with Crippen molar-refractivity contribution in [1.82, 2.24) is 4.31 Å². The van der Waals surface area contributed by atoms with E-state index in [4.69, 9.17) is 4.74 Å². The summed E-state index contributed by atoms with van der Waals surface area (Å²) >= 11 is 0. The van der Waals surface area contributed by atoms with Gasteiger partial charge in [-0.25, -0.2) is 17.5 Å². The molecule has 0 saturated heterocycles. The molecule has 0 fully saturated rings. The van der Waals surface area contributed by atoms with Crippen molar-refractivity contribution >= 4 is 27.5 Å². The Hall–Kier alpha value is -2.97. The molecular weight excluding hydrogens is 416 g/mol. The van der Waals surface area contributed by atoms with Gasteiger partial charge in [-0.15, -0.1) is 0 Å². The molecule has 0 saturated carbocycles. The van der Waals surface area contributed by atoms with Gasteiger partial charge in [0.25, 0.3) is 0 Å². The van der Waals surface area contributed by atoms with Crippen molar-refractivity contribution in [2.75, 3.05) is 32.6 Å². The standard InChI is InChI=1S/C23H26N2O5S/c1-23(2)19-11-6-7-12-20(19)25(5)21(23)14-17(26)15-30-22(27)16-9-8-10-18(13-16)31(28,29)24(3)4/h6-14H,15H2,1-5H3. The summed E-state index contributed by atoms with van der Waals surface area (Å²) in [6.07, 6.45) is 1.50. The summed E-state index contributed by atoms with van der Waals surface area (Å²) in [6, 6.07) is 13.5. The molecule has 1 heterocycles. The zero-order chi connectivity index (χ0) is 23.0. The van der Waals surface area contributed by atoms with E-state index >= 15 is 0 Å². The topological polar surface area (TPSA) is 84.0 Å². The molecule has 1 aliphatic heterocycles. The molecular formula is C23H26N2O5S. The third-order valence-corrected chi connectivity index (χ3v) is 7.24. The maximum absolute atomic E-state index is 12.6. The second-order valence-electron chi connectivity index (χ2n) is 8.09. The van der Waals surface area contributed by atoms with Crippen LogP contribution < -0.4 is 4.90 Å². The number of anilines is 1. The van der Waals surface area contributed by atoms with Crippen molar-refractivity contribution < 1.29 is 22.7 Å². The van der Waals surface area contributed by atoms with Gasteiger partial charge < -0.3 is 9.64 Å². The number of carbonyl (C=O) groups is 2. The number of likely N-dealkylation sites (N-methyl/N-ethyl adjacent to an activating group) is 1. The first-order chi connectivity index (χ1) is 14.5. The van der Waals surface area contributed by atoms with E-state index in [1.165, 1.54) is 44.4 Å². The van der Waals surface area contributed by atoms with Gasteiger partial charge in [0.15, 0.2) is 12.4 Å². The number of ether oxygens (including phenoxy) is 1. The fraction of sp³-hybridized carbons (Fsp3) is 0.304. The molecule has 2 aromatic rings. The number of nitrogens with zero attached hydrogens (tertiary/aromatic N) is 2. The van der Waals surface area contributed by atoms with Crippen molar-refractivity contribution in [3.05, 3.63) is 71.4 Å². The molecule has 3 rings (SSSR count). The van der Waals surface area contributed by atoms with Crippen molar-refractivity contribution in [2.24, 2.45) is 0 Å². The molecule has 1 aliphatic rings. The van der Waals surface area contributed by atoms with E-state index in [1.807, 2.05) is 50.1 Å². The van der Waals surface area contributed by atoms with Crippen LogP contribution >= 0.6 is 0 Å². The quantitative estimate of drug-likeness (QED) is 0.505. The van der Waals surface area contributed by atoms with Gasteiger partial charge in [0.2, 0.25) is 10.0 Å². The number of ketones is 1. The fourth-order valence-electron chi connectivity index (χ4n) is 3.67. The van der Waals surface area contributed by atoms with E-state index in [1.54, 1.807) is 0 Å². The van der Waals surface area contributed by atoms with Crippen LogP contribution in [-0.4, -0.2) is 52.2 Å². The largest absolute Gasteiger partial charge is 0.454 e. The van der Waals surface area contributed by atoms with E-state index in [2.05, 4.69) is 0 Å². The molecule has 0 aliphatic carbocycles. The third-order valence-electron chi connectivity index (χ3n) is 5.43. The number of sulfonamides is 1. The molecule has 0 bridgehead atoms. The van der Waals surface area contributed by atoms with Crippen molar-refractivity contribution in [1.29, 1.82) is 0 Å². The number of esters is 1. The zero-order valence-corrected chi connectivity index (χ0v) is 19.1. The summed E-state index contributed by atoms with van der Waals surface area (Å²) in [5, 5.41) is 0. The van der Waals surface area contributed by atoms with Gasteiger partial charge in [0, 0.05) is 44.0 Å². The van der Waals surface area contributed by atoms with E-state index in [-0.39, 0.29) is 21.7 Å². The lowest BCUT2D eigenvalue weighted by molar-refractivity contribution is -0.117. The number of rotatable bonds is 6. The molecule has 0 N–H and O–H groups in total. The summed E-state index contributed by atoms with van der Waals surface area (Å²) in [7, 11) is 1.03. The average Bonchev–Trinajstić information content (AvgIpc) is 2.93. The highest BCUT2D eigenvalue weighted by Gasteiger charge is 2.38. The van der Waals surface area contributed by atoms with Crippen LogP contribution in [0.3, 0.4) is 0 Å². The highest BCUT2D eigenvalue weighted by Crippen LogP contribution is 2.46. The van der Waals surface area contributed by atoms with Crippen LogP contribution in [-0.2, 0) is 25.0 Å². The second-order valence-corrected chi connectivity index (χ2v) is 10.2. The summed E-state index contributed by atoms with van der Waals surface area (Å²) in [5.41, 5.74) is 2.66. The SMILES string of the molecule is CN1C(=CC(=O)COC(=O)c2cccc(S(=O)(=O)N(C)C)c2)C(C)(C)c2ccccc21. The normalized spacial score (nSPS) is 16.5. The third kappa shape index (κ3) is 4.26. The predicted octanol–water partition coefficient (Wildman–Crippen LogP) is 2.97. The van der Waals surface area contributed by atoms with Crippen LogP contribution in [0.4, 0.5) is 5.69 Å². The molecule has 2 aromatic carbocycles. The first-order valence-electron chi connectivity index (χ1n) is 9.74. The average molecular weight is 443 g/mol. The van der Waals surface area contributed by atoms with E-state index in [0.717, 1.165) is 21.3 Å². The van der Waals surface area contributed by atoms with Crippen LogP contribution in [0.5, 0.6) is 0 Å². The van der Waals surface area contributed by atoms with E-state index in [0.29, 0.717) is 0 Å². The lowest BCUT2D eigenvalue weighted by atomic mass is 9.83. The van der Waals surface area contributed by atoms with Crippen LogP contribution in [0.2, 0.25) is 0 Å². The molecule has 0 spiro atoms. The van der Waals surface area contributed by atoms with Crippen molar-refractivity contribution in [3.8, 4) is 0 Å². The first kappa shape index (κ1) is 22.7. The summed E-state index contributed by atoms with van der Waals surface area (Å²) < 4.78 is 30.7. The maximum atomic E-state index is 12.6. The minimum absolute atomic E-state index is 0.0208. The van der Waals surface area contributed by atoms with Crippen LogP contribution in [0.15, 0.2) is 65.2 Å². The highest BCUT2D eigenvalue weighted by atomic mass is 32.2.